The lowest BCUT2D eigenvalue weighted by Crippen LogP contribution is -2.45. The Hall–Kier alpha value is -1.26. The van der Waals surface area contributed by atoms with Crippen LogP contribution in [0, 0.1) is 11.3 Å². The number of piperidine rings is 1. The number of amides is 1. The van der Waals surface area contributed by atoms with Crippen LogP contribution in [0.2, 0.25) is 0 Å². The van der Waals surface area contributed by atoms with Crippen LogP contribution < -0.4 is 15.4 Å². The summed E-state index contributed by atoms with van der Waals surface area (Å²) >= 11 is 0. The smallest absolute Gasteiger partial charge is 0.226 e. The van der Waals surface area contributed by atoms with Crippen molar-refractivity contribution in [1.29, 1.82) is 0 Å². The van der Waals surface area contributed by atoms with Gasteiger partial charge in [0.05, 0.1) is 5.92 Å². The molecule has 22 heavy (non-hydrogen) atoms. The minimum atomic E-state index is -0.0646. The van der Waals surface area contributed by atoms with Crippen LogP contribution in [0.15, 0.2) is 24.3 Å². The van der Waals surface area contributed by atoms with Gasteiger partial charge in [-0.3, -0.25) is 4.79 Å². The number of carbonyl (C=O) groups excluding carboxylic acids is 1. The molecule has 1 saturated heterocycles. The van der Waals surface area contributed by atoms with Crippen LogP contribution in [-0.2, 0) is 11.2 Å². The molecule has 2 aliphatic heterocycles. The first kappa shape index (κ1) is 17.1. The highest BCUT2D eigenvalue weighted by Crippen LogP contribution is 2.28. The second-order valence-corrected chi connectivity index (χ2v) is 6.60. The Morgan fingerprint density at radius 1 is 1.36 bits per heavy atom. The highest BCUT2D eigenvalue weighted by atomic mass is 35.5. The highest BCUT2D eigenvalue weighted by Gasteiger charge is 2.30. The molecule has 1 fully saturated rings. The Labute approximate surface area is 138 Å². The predicted molar refractivity (Wildman–Crippen MR) is 89.6 cm³/mol. The van der Waals surface area contributed by atoms with Crippen LogP contribution in [0.5, 0.6) is 5.75 Å². The fraction of sp³-hybridized carbons (Fsp3) is 0.588. The van der Waals surface area contributed by atoms with Gasteiger partial charge in [0.25, 0.3) is 0 Å². The van der Waals surface area contributed by atoms with Crippen molar-refractivity contribution >= 4 is 18.3 Å². The van der Waals surface area contributed by atoms with Crippen molar-refractivity contribution in [2.24, 2.45) is 11.3 Å². The molecule has 1 aromatic carbocycles. The van der Waals surface area contributed by atoms with E-state index in [1.165, 1.54) is 0 Å². The van der Waals surface area contributed by atoms with Crippen LogP contribution in [0.25, 0.3) is 0 Å². The van der Waals surface area contributed by atoms with Gasteiger partial charge in [-0.25, -0.2) is 0 Å². The lowest BCUT2D eigenvalue weighted by molar-refractivity contribution is -0.126. The molecule has 0 aromatic heterocycles. The Morgan fingerprint density at radius 2 is 2.09 bits per heavy atom. The second kappa shape index (κ2) is 7.34. The number of hydrogen-bond donors (Lipinski definition) is 2. The number of halogens is 1. The zero-order chi connectivity index (χ0) is 14.7. The normalized spacial score (nSPS) is 22.7. The number of rotatable bonds is 3. The maximum absolute atomic E-state index is 12.4. The van der Waals surface area contributed by atoms with Crippen molar-refractivity contribution in [3.8, 4) is 5.75 Å². The third-order valence-electron chi connectivity index (χ3n) is 4.75. The van der Waals surface area contributed by atoms with Crippen LogP contribution >= 0.6 is 12.4 Å². The number of para-hydroxylation sites is 1. The molecule has 0 bridgehead atoms. The molecular weight excluding hydrogens is 300 g/mol. The third-order valence-corrected chi connectivity index (χ3v) is 4.75. The Morgan fingerprint density at radius 3 is 2.86 bits per heavy atom. The minimum absolute atomic E-state index is 0. The van der Waals surface area contributed by atoms with Crippen molar-refractivity contribution in [3.05, 3.63) is 29.8 Å². The molecule has 4 nitrogen and oxygen atoms in total. The van der Waals surface area contributed by atoms with E-state index >= 15 is 0 Å². The highest BCUT2D eigenvalue weighted by molar-refractivity contribution is 5.85. The Balaban J connectivity index is 0.00000176. The summed E-state index contributed by atoms with van der Waals surface area (Å²) in [7, 11) is 0. The quantitative estimate of drug-likeness (QED) is 0.896. The van der Waals surface area contributed by atoms with E-state index < -0.39 is 0 Å². The van der Waals surface area contributed by atoms with Crippen molar-refractivity contribution in [1.82, 2.24) is 10.6 Å². The zero-order valence-corrected chi connectivity index (χ0v) is 13.9. The molecule has 2 heterocycles. The summed E-state index contributed by atoms with van der Waals surface area (Å²) in [6.07, 6.45) is 3.02. The van der Waals surface area contributed by atoms with Crippen LogP contribution in [0.4, 0.5) is 0 Å². The van der Waals surface area contributed by atoms with Crippen molar-refractivity contribution in [3.63, 3.8) is 0 Å². The number of nitrogens with one attached hydrogen (secondary N) is 2. The number of carbonyl (C=O) groups is 1. The summed E-state index contributed by atoms with van der Waals surface area (Å²) < 4.78 is 5.70. The molecule has 2 aliphatic rings. The monoisotopic (exact) mass is 324 g/mol. The number of fused-ring (bicyclic) bond motifs is 1. The molecule has 1 unspecified atom stereocenters. The molecule has 122 valence electrons. The molecule has 0 spiro atoms. The van der Waals surface area contributed by atoms with Crippen LogP contribution in [0.3, 0.4) is 0 Å². The predicted octanol–water partition coefficient (Wildman–Crippen LogP) is 2.17. The molecule has 1 atom stereocenters. The molecule has 1 aromatic rings. The molecule has 0 radical (unpaired) electrons. The molecule has 3 rings (SSSR count). The fourth-order valence-electron chi connectivity index (χ4n) is 3.15. The van der Waals surface area contributed by atoms with Gasteiger partial charge in [-0.1, -0.05) is 25.1 Å². The first-order chi connectivity index (χ1) is 10.2. The molecule has 1 amide bonds. The van der Waals surface area contributed by atoms with Crippen molar-refractivity contribution < 1.29 is 9.53 Å². The van der Waals surface area contributed by atoms with E-state index in [1.54, 1.807) is 0 Å². The van der Waals surface area contributed by atoms with Gasteiger partial charge < -0.3 is 15.4 Å². The van der Waals surface area contributed by atoms with E-state index in [-0.39, 0.29) is 29.6 Å². The van der Waals surface area contributed by atoms with E-state index in [2.05, 4.69) is 17.6 Å². The van der Waals surface area contributed by atoms with Crippen LogP contribution in [-0.4, -0.2) is 32.1 Å². The topological polar surface area (TPSA) is 50.4 Å². The van der Waals surface area contributed by atoms with Gasteiger partial charge in [0.2, 0.25) is 5.91 Å². The fourth-order valence-corrected chi connectivity index (χ4v) is 3.15. The molecular formula is C17H25ClN2O2. The van der Waals surface area contributed by atoms with E-state index in [9.17, 15) is 4.79 Å². The summed E-state index contributed by atoms with van der Waals surface area (Å²) in [4.78, 5) is 12.4. The van der Waals surface area contributed by atoms with Crippen molar-refractivity contribution in [2.75, 3.05) is 26.2 Å². The van der Waals surface area contributed by atoms with Crippen molar-refractivity contribution in [2.45, 2.75) is 26.2 Å². The first-order valence-electron chi connectivity index (χ1n) is 7.85. The summed E-state index contributed by atoms with van der Waals surface area (Å²) in [5.41, 5.74) is 1.37. The van der Waals surface area contributed by atoms with Gasteiger partial charge in [0, 0.05) is 6.54 Å². The van der Waals surface area contributed by atoms with Gasteiger partial charge in [-0.05, 0) is 49.4 Å². The third kappa shape index (κ3) is 3.93. The summed E-state index contributed by atoms with van der Waals surface area (Å²) in [5.74, 6) is 0.987. The Bertz CT molecular complexity index is 515. The Kier molecular flexibility index (Phi) is 5.70. The minimum Gasteiger partial charge on any atom is -0.492 e. The van der Waals surface area contributed by atoms with Crippen LogP contribution in [0.1, 0.15) is 25.3 Å². The van der Waals surface area contributed by atoms with Gasteiger partial charge in [-0.15, -0.1) is 12.4 Å². The van der Waals surface area contributed by atoms with E-state index in [0.29, 0.717) is 6.61 Å². The van der Waals surface area contributed by atoms with Gasteiger partial charge in [0.15, 0.2) is 0 Å². The maximum Gasteiger partial charge on any atom is 0.226 e. The van der Waals surface area contributed by atoms with Gasteiger partial charge >= 0.3 is 0 Å². The lowest BCUT2D eigenvalue weighted by Gasteiger charge is -2.35. The summed E-state index contributed by atoms with van der Waals surface area (Å²) in [6.45, 7) is 5.62. The van der Waals surface area contributed by atoms with Gasteiger partial charge in [0.1, 0.15) is 12.4 Å². The standard InChI is InChI=1S/C17H24N2O2.ClH/c1-17(6-8-18-9-7-17)12-19-16(20)14-10-13-4-2-3-5-15(13)21-11-14;/h2-5,14,18H,6-12H2,1H3,(H,19,20);1H. The number of ether oxygens (including phenoxy) is 1. The average molecular weight is 325 g/mol. The molecule has 0 saturated carbocycles. The summed E-state index contributed by atoms with van der Waals surface area (Å²) in [5, 5.41) is 6.52. The number of benzene rings is 1. The number of hydrogen-bond acceptors (Lipinski definition) is 3. The first-order valence-corrected chi connectivity index (χ1v) is 7.85. The largest absolute Gasteiger partial charge is 0.492 e. The van der Waals surface area contributed by atoms with Gasteiger partial charge in [-0.2, -0.15) is 0 Å². The van der Waals surface area contributed by atoms with E-state index in [1.807, 2.05) is 24.3 Å². The average Bonchev–Trinajstić information content (AvgIpc) is 2.53. The molecule has 0 aliphatic carbocycles. The summed E-state index contributed by atoms with van der Waals surface area (Å²) in [6, 6.07) is 7.98. The lowest BCUT2D eigenvalue weighted by atomic mass is 9.81. The maximum atomic E-state index is 12.4. The molecule has 5 heteroatoms. The SMILES string of the molecule is CC1(CNC(=O)C2COc3ccccc3C2)CCNCC1.Cl. The zero-order valence-electron chi connectivity index (χ0n) is 13.1. The second-order valence-electron chi connectivity index (χ2n) is 6.60. The van der Waals surface area contributed by atoms with E-state index in [4.69, 9.17) is 4.74 Å². The molecule has 2 N–H and O–H groups in total. The van der Waals surface area contributed by atoms with E-state index in [0.717, 1.165) is 50.2 Å².